The van der Waals surface area contributed by atoms with E-state index >= 15 is 0 Å². The summed E-state index contributed by atoms with van der Waals surface area (Å²) in [6, 6.07) is 12.3. The van der Waals surface area contributed by atoms with Gasteiger partial charge in [0.2, 0.25) is 0 Å². The molecule has 2 aromatic heterocycles. The van der Waals surface area contributed by atoms with Crippen molar-refractivity contribution < 1.29 is 4.79 Å². The third-order valence-corrected chi connectivity index (χ3v) is 8.11. The molecule has 9 heteroatoms. The molecule has 0 unspecified atom stereocenters. The van der Waals surface area contributed by atoms with Gasteiger partial charge in [0.05, 0.1) is 40.4 Å². The molecule has 0 saturated carbocycles. The molecular formula is C28H29N7OS. The Morgan fingerprint density at radius 2 is 1.95 bits per heavy atom. The van der Waals surface area contributed by atoms with E-state index in [1.165, 1.54) is 0 Å². The summed E-state index contributed by atoms with van der Waals surface area (Å²) in [4.78, 5) is 35.3. The van der Waals surface area contributed by atoms with Gasteiger partial charge in [-0.3, -0.25) is 19.7 Å². The molecule has 0 aliphatic carbocycles. The molecule has 5 heterocycles. The maximum atomic E-state index is 13.6. The van der Waals surface area contributed by atoms with Gasteiger partial charge in [0.1, 0.15) is 11.6 Å². The lowest BCUT2D eigenvalue weighted by Gasteiger charge is -2.32. The number of rotatable bonds is 4. The molecule has 0 atom stereocenters. The summed E-state index contributed by atoms with van der Waals surface area (Å²) in [5, 5.41) is 3.87. The van der Waals surface area contributed by atoms with Crippen molar-refractivity contribution >= 4 is 40.6 Å². The summed E-state index contributed by atoms with van der Waals surface area (Å²) in [6.07, 6.45) is 4.50. The number of amides is 1. The molecule has 1 fully saturated rings. The number of pyridine rings is 1. The maximum Gasteiger partial charge on any atom is 0.254 e. The monoisotopic (exact) mass is 511 g/mol. The first-order chi connectivity index (χ1) is 18.0. The number of fused-ring (bicyclic) bond motifs is 5. The lowest BCUT2D eigenvalue weighted by Crippen LogP contribution is -2.32. The highest BCUT2D eigenvalue weighted by atomic mass is 32.2. The van der Waals surface area contributed by atoms with Crippen molar-refractivity contribution in [3.63, 3.8) is 0 Å². The van der Waals surface area contributed by atoms with Crippen molar-refractivity contribution in [2.75, 3.05) is 43.0 Å². The fraction of sp³-hybridized carbons (Fsp3) is 0.286. The number of carbonyl (C=O) groups excluding carboxylic acids is 1. The Hall–Kier alpha value is -3.69. The summed E-state index contributed by atoms with van der Waals surface area (Å²) in [5.41, 5.74) is 4.71. The van der Waals surface area contributed by atoms with Gasteiger partial charge in [0.25, 0.3) is 5.91 Å². The zero-order valence-electron chi connectivity index (χ0n) is 21.1. The fourth-order valence-electron chi connectivity index (χ4n) is 4.92. The third-order valence-electron chi connectivity index (χ3n) is 6.96. The van der Waals surface area contributed by atoms with Crippen molar-refractivity contribution in [2.45, 2.75) is 24.8 Å². The molecule has 1 aromatic carbocycles. The van der Waals surface area contributed by atoms with E-state index in [-0.39, 0.29) is 5.91 Å². The van der Waals surface area contributed by atoms with Gasteiger partial charge in [-0.05, 0) is 56.8 Å². The van der Waals surface area contributed by atoms with Crippen LogP contribution in [0.25, 0.3) is 5.57 Å². The van der Waals surface area contributed by atoms with E-state index < -0.39 is 0 Å². The van der Waals surface area contributed by atoms with Crippen LogP contribution in [0.1, 0.15) is 23.4 Å². The Balaban J connectivity index is 1.37. The van der Waals surface area contributed by atoms with Gasteiger partial charge in [-0.25, -0.2) is 4.98 Å². The van der Waals surface area contributed by atoms with Gasteiger partial charge in [-0.2, -0.15) is 0 Å². The van der Waals surface area contributed by atoms with Gasteiger partial charge < -0.3 is 15.1 Å². The quantitative estimate of drug-likeness (QED) is 0.561. The first-order valence-electron chi connectivity index (χ1n) is 12.5. The molecule has 1 saturated heterocycles. The number of nitrogens with one attached hydrogen (secondary N) is 1. The van der Waals surface area contributed by atoms with Gasteiger partial charge >= 0.3 is 0 Å². The predicted octanol–water partition coefficient (Wildman–Crippen LogP) is 4.12. The number of hydrogen-bond acceptors (Lipinski definition) is 8. The average molecular weight is 512 g/mol. The average Bonchev–Trinajstić information content (AvgIpc) is 3.15. The number of aromatic nitrogens is 3. The second-order valence-electron chi connectivity index (χ2n) is 9.58. The fourth-order valence-corrected chi connectivity index (χ4v) is 6.14. The van der Waals surface area contributed by atoms with Crippen LogP contribution < -0.4 is 15.1 Å². The second kappa shape index (κ2) is 9.64. The molecule has 188 valence electrons. The first kappa shape index (κ1) is 23.7. The Morgan fingerprint density at radius 3 is 2.78 bits per heavy atom. The minimum absolute atomic E-state index is 0.182. The van der Waals surface area contributed by atoms with Crippen LogP contribution in [0.3, 0.4) is 0 Å². The normalized spacial score (nSPS) is 17.3. The van der Waals surface area contributed by atoms with E-state index in [4.69, 9.17) is 4.98 Å². The van der Waals surface area contributed by atoms with Crippen LogP contribution in [0, 0.1) is 6.92 Å². The van der Waals surface area contributed by atoms with Crippen LogP contribution in [0.2, 0.25) is 0 Å². The number of para-hydroxylation sites is 1. The first-order valence-corrected chi connectivity index (χ1v) is 13.3. The van der Waals surface area contributed by atoms with Crippen LogP contribution in [0.15, 0.2) is 70.9 Å². The summed E-state index contributed by atoms with van der Waals surface area (Å²) < 4.78 is 0. The molecule has 3 aromatic rings. The van der Waals surface area contributed by atoms with Gasteiger partial charge in [-0.15, -0.1) is 0 Å². The lowest BCUT2D eigenvalue weighted by molar-refractivity contribution is -0.117. The summed E-state index contributed by atoms with van der Waals surface area (Å²) in [5.74, 6) is 1.60. The van der Waals surface area contributed by atoms with Crippen molar-refractivity contribution in [1.29, 1.82) is 0 Å². The molecule has 0 bridgehead atoms. The summed E-state index contributed by atoms with van der Waals surface area (Å²) in [6.45, 7) is 10.6. The molecule has 8 nitrogen and oxygen atoms in total. The standard InChI is InChI=1S/C28H29N7OS/c1-18-15-30-20(16-29-18)17-31-27(36)25-19(2)21-9-10-24(34-12-6-11-33(3)13-14-34)32-26(21)35-22-7-4-5-8-23(22)37-28(25)35/h4-5,7-10,15-16H,2,6,11-14,17H2,1,3H3,(H,31,36). The number of hydrogen-bond donors (Lipinski definition) is 1. The molecule has 1 N–H and O–H groups in total. The van der Waals surface area contributed by atoms with E-state index in [2.05, 4.69) is 67.9 Å². The van der Waals surface area contributed by atoms with Crippen molar-refractivity contribution in [2.24, 2.45) is 0 Å². The number of anilines is 3. The number of likely N-dealkylation sites (N-methyl/N-ethyl adjacent to an activating group) is 1. The van der Waals surface area contributed by atoms with Gasteiger partial charge in [0, 0.05) is 36.3 Å². The molecule has 0 radical (unpaired) electrons. The zero-order valence-corrected chi connectivity index (χ0v) is 21.9. The van der Waals surface area contributed by atoms with Crippen molar-refractivity contribution in [3.05, 3.63) is 82.9 Å². The highest BCUT2D eigenvalue weighted by Crippen LogP contribution is 2.56. The number of thioether (sulfide) groups is 1. The largest absolute Gasteiger partial charge is 0.355 e. The highest BCUT2D eigenvalue weighted by molar-refractivity contribution is 8.03. The molecule has 3 aliphatic rings. The van der Waals surface area contributed by atoms with Crippen molar-refractivity contribution in [3.8, 4) is 0 Å². The van der Waals surface area contributed by atoms with Crippen LogP contribution in [-0.4, -0.2) is 59.0 Å². The number of aryl methyl sites for hydroxylation is 1. The lowest BCUT2D eigenvalue weighted by atomic mass is 9.95. The SMILES string of the molecule is C=C1C(C(=O)NCc2cnc(C)cn2)=C2Sc3ccccc3N2c2nc(N3CCCN(C)CC3)ccc21. The zero-order chi connectivity index (χ0) is 25.5. The Kier molecular flexibility index (Phi) is 6.18. The van der Waals surface area contributed by atoms with Crippen molar-refractivity contribution in [1.82, 2.24) is 25.2 Å². The summed E-state index contributed by atoms with van der Waals surface area (Å²) >= 11 is 1.59. The Morgan fingerprint density at radius 1 is 1.08 bits per heavy atom. The second-order valence-corrected chi connectivity index (χ2v) is 10.6. The number of benzene rings is 1. The molecule has 37 heavy (non-hydrogen) atoms. The molecule has 3 aliphatic heterocycles. The predicted molar refractivity (Wildman–Crippen MR) is 148 cm³/mol. The highest BCUT2D eigenvalue weighted by Gasteiger charge is 2.39. The van der Waals surface area contributed by atoms with E-state index in [0.29, 0.717) is 23.4 Å². The minimum Gasteiger partial charge on any atom is -0.355 e. The third kappa shape index (κ3) is 4.38. The van der Waals surface area contributed by atoms with E-state index in [0.717, 1.165) is 71.1 Å². The molecular weight excluding hydrogens is 482 g/mol. The molecule has 6 rings (SSSR count). The van der Waals surface area contributed by atoms with Gasteiger partial charge in [-0.1, -0.05) is 30.5 Å². The topological polar surface area (TPSA) is 77.5 Å². The summed E-state index contributed by atoms with van der Waals surface area (Å²) in [7, 11) is 2.17. The number of carbonyl (C=O) groups is 1. The smallest absolute Gasteiger partial charge is 0.254 e. The Labute approximate surface area is 221 Å². The van der Waals surface area contributed by atoms with Crippen LogP contribution in [0.4, 0.5) is 17.3 Å². The molecule has 1 amide bonds. The van der Waals surface area contributed by atoms with E-state index in [9.17, 15) is 4.79 Å². The number of nitrogens with zero attached hydrogens (tertiary/aromatic N) is 6. The van der Waals surface area contributed by atoms with Gasteiger partial charge in [0.15, 0.2) is 0 Å². The maximum absolute atomic E-state index is 13.6. The Bertz CT molecular complexity index is 1420. The minimum atomic E-state index is -0.182. The van der Waals surface area contributed by atoms with Crippen LogP contribution >= 0.6 is 11.8 Å². The van der Waals surface area contributed by atoms with E-state index in [1.807, 2.05) is 19.1 Å². The van der Waals surface area contributed by atoms with E-state index in [1.54, 1.807) is 24.2 Å². The van der Waals surface area contributed by atoms with Crippen LogP contribution in [0.5, 0.6) is 0 Å². The molecule has 0 spiro atoms. The van der Waals surface area contributed by atoms with Crippen LogP contribution in [-0.2, 0) is 11.3 Å².